The van der Waals surface area contributed by atoms with E-state index in [-0.39, 0.29) is 11.8 Å². The van der Waals surface area contributed by atoms with Crippen LogP contribution in [0.25, 0.3) is 0 Å². The second-order valence-corrected chi connectivity index (χ2v) is 4.45. The third-order valence-electron chi connectivity index (χ3n) is 2.94. The zero-order valence-corrected chi connectivity index (χ0v) is 10.4. The number of benzene rings is 1. The van der Waals surface area contributed by atoms with Crippen molar-refractivity contribution in [2.24, 2.45) is 0 Å². The topological polar surface area (TPSA) is 30.5 Å². The van der Waals surface area contributed by atoms with Gasteiger partial charge in [-0.3, -0.25) is 0 Å². The van der Waals surface area contributed by atoms with E-state index in [1.807, 2.05) is 0 Å². The second kappa shape index (κ2) is 6.25. The van der Waals surface area contributed by atoms with Gasteiger partial charge in [-0.15, -0.1) is 13.2 Å². The average Bonchev–Trinajstić information content (AvgIpc) is 2.37. The number of hydrogen-bond acceptors (Lipinski definition) is 3. The van der Waals surface area contributed by atoms with Crippen LogP contribution >= 0.6 is 0 Å². The highest BCUT2D eigenvalue weighted by Crippen LogP contribution is 2.26. The van der Waals surface area contributed by atoms with Gasteiger partial charge in [-0.25, -0.2) is 0 Å². The van der Waals surface area contributed by atoms with E-state index in [1.54, 1.807) is 12.1 Å². The third kappa shape index (κ3) is 4.72. The molecule has 6 heteroatoms. The molecule has 3 nitrogen and oxygen atoms in total. The van der Waals surface area contributed by atoms with Crippen LogP contribution in [0.1, 0.15) is 18.4 Å². The molecule has 1 aliphatic heterocycles. The highest BCUT2D eigenvalue weighted by molar-refractivity contribution is 5.33. The van der Waals surface area contributed by atoms with Crippen molar-refractivity contribution in [3.05, 3.63) is 29.8 Å². The Balaban J connectivity index is 1.95. The molecule has 1 atom stereocenters. The molecule has 1 aliphatic rings. The van der Waals surface area contributed by atoms with E-state index in [0.717, 1.165) is 19.4 Å². The number of nitrogens with one attached hydrogen (secondary N) is 1. The highest BCUT2D eigenvalue weighted by Gasteiger charge is 2.32. The van der Waals surface area contributed by atoms with E-state index in [2.05, 4.69) is 10.1 Å². The summed E-state index contributed by atoms with van der Waals surface area (Å²) in [4.78, 5) is 0. The molecule has 0 bridgehead atoms. The minimum absolute atomic E-state index is 0.153. The van der Waals surface area contributed by atoms with Crippen LogP contribution in [0.4, 0.5) is 13.2 Å². The number of rotatable bonds is 4. The van der Waals surface area contributed by atoms with Crippen LogP contribution in [-0.2, 0) is 11.3 Å². The summed E-state index contributed by atoms with van der Waals surface area (Å²) in [5.41, 5.74) is 0.491. The van der Waals surface area contributed by atoms with Gasteiger partial charge in [-0.1, -0.05) is 18.2 Å². The summed E-state index contributed by atoms with van der Waals surface area (Å²) < 4.78 is 46.1. The minimum Gasteiger partial charge on any atom is -0.405 e. The summed E-state index contributed by atoms with van der Waals surface area (Å²) in [6.45, 7) is 1.69. The van der Waals surface area contributed by atoms with Crippen molar-refractivity contribution in [3.63, 3.8) is 0 Å². The maximum absolute atomic E-state index is 12.3. The van der Waals surface area contributed by atoms with Gasteiger partial charge in [-0.2, -0.15) is 0 Å². The molecule has 1 heterocycles. The van der Waals surface area contributed by atoms with Gasteiger partial charge in [0, 0.05) is 24.8 Å². The first-order valence-corrected chi connectivity index (χ1v) is 6.19. The van der Waals surface area contributed by atoms with Gasteiger partial charge in [0.15, 0.2) is 0 Å². The molecular formula is C13H16F3NO2. The fourth-order valence-corrected chi connectivity index (χ4v) is 2.03. The lowest BCUT2D eigenvalue weighted by molar-refractivity contribution is -0.274. The number of ether oxygens (including phenoxy) is 2. The number of para-hydroxylation sites is 1. The Labute approximate surface area is 109 Å². The molecule has 0 saturated carbocycles. The van der Waals surface area contributed by atoms with E-state index in [4.69, 9.17) is 4.74 Å². The van der Waals surface area contributed by atoms with Crippen LogP contribution in [0, 0.1) is 0 Å². The monoisotopic (exact) mass is 275 g/mol. The summed E-state index contributed by atoms with van der Waals surface area (Å²) in [6.07, 6.45) is -2.72. The van der Waals surface area contributed by atoms with Crippen molar-refractivity contribution in [2.45, 2.75) is 31.8 Å². The standard InChI is InChI=1S/C13H16F3NO2/c14-13(15,16)19-12-6-2-1-4-10(12)8-17-11-5-3-7-18-9-11/h1-2,4,6,11,17H,3,5,7-9H2. The van der Waals surface area contributed by atoms with Gasteiger partial charge in [0.25, 0.3) is 0 Å². The molecule has 1 aromatic rings. The molecule has 0 amide bonds. The van der Waals surface area contributed by atoms with Gasteiger partial charge in [-0.05, 0) is 18.9 Å². The van der Waals surface area contributed by atoms with Crippen molar-refractivity contribution in [3.8, 4) is 5.75 Å². The molecule has 2 rings (SSSR count). The fraction of sp³-hybridized carbons (Fsp3) is 0.538. The van der Waals surface area contributed by atoms with Crippen LogP contribution in [-0.4, -0.2) is 25.6 Å². The summed E-state index contributed by atoms with van der Waals surface area (Å²) in [5, 5.41) is 3.19. The smallest absolute Gasteiger partial charge is 0.405 e. The van der Waals surface area contributed by atoms with E-state index < -0.39 is 6.36 Å². The summed E-state index contributed by atoms with van der Waals surface area (Å²) in [5.74, 6) is -0.153. The predicted octanol–water partition coefficient (Wildman–Crippen LogP) is 2.85. The van der Waals surface area contributed by atoms with E-state index in [1.165, 1.54) is 12.1 Å². The molecule has 19 heavy (non-hydrogen) atoms. The Kier molecular flexibility index (Phi) is 4.66. The molecule has 106 valence electrons. The molecule has 0 aliphatic carbocycles. The largest absolute Gasteiger partial charge is 0.573 e. The molecular weight excluding hydrogens is 259 g/mol. The lowest BCUT2D eigenvalue weighted by atomic mass is 10.1. The first-order chi connectivity index (χ1) is 9.04. The Morgan fingerprint density at radius 3 is 2.79 bits per heavy atom. The van der Waals surface area contributed by atoms with Gasteiger partial charge >= 0.3 is 6.36 Å². The number of halogens is 3. The average molecular weight is 275 g/mol. The number of hydrogen-bond donors (Lipinski definition) is 1. The quantitative estimate of drug-likeness (QED) is 0.916. The van der Waals surface area contributed by atoms with Crippen LogP contribution in [0.5, 0.6) is 5.75 Å². The van der Waals surface area contributed by atoms with Crippen LogP contribution < -0.4 is 10.1 Å². The lowest BCUT2D eigenvalue weighted by Gasteiger charge is -2.23. The Morgan fingerprint density at radius 1 is 1.32 bits per heavy atom. The fourth-order valence-electron chi connectivity index (χ4n) is 2.03. The van der Waals surface area contributed by atoms with Crippen molar-refractivity contribution >= 4 is 0 Å². The van der Waals surface area contributed by atoms with Gasteiger partial charge in [0.1, 0.15) is 5.75 Å². The van der Waals surface area contributed by atoms with Gasteiger partial charge in [0.05, 0.1) is 6.61 Å². The molecule has 1 fully saturated rings. The first kappa shape index (κ1) is 14.1. The van der Waals surface area contributed by atoms with E-state index >= 15 is 0 Å². The van der Waals surface area contributed by atoms with Crippen molar-refractivity contribution < 1.29 is 22.6 Å². The maximum Gasteiger partial charge on any atom is 0.573 e. The Hall–Kier alpha value is -1.27. The Bertz CT molecular complexity index is 403. The summed E-state index contributed by atoms with van der Waals surface area (Å²) >= 11 is 0. The van der Waals surface area contributed by atoms with Crippen molar-refractivity contribution in [2.75, 3.05) is 13.2 Å². The lowest BCUT2D eigenvalue weighted by Crippen LogP contribution is -2.36. The SMILES string of the molecule is FC(F)(F)Oc1ccccc1CNC1CCCOC1. The molecule has 1 aromatic carbocycles. The van der Waals surface area contributed by atoms with Gasteiger partial charge in [0.2, 0.25) is 0 Å². The third-order valence-corrected chi connectivity index (χ3v) is 2.94. The maximum atomic E-state index is 12.3. The van der Waals surface area contributed by atoms with Crippen LogP contribution in [0.3, 0.4) is 0 Å². The molecule has 0 aromatic heterocycles. The summed E-state index contributed by atoms with van der Waals surface area (Å²) in [6, 6.07) is 6.35. The van der Waals surface area contributed by atoms with Crippen LogP contribution in [0.15, 0.2) is 24.3 Å². The second-order valence-electron chi connectivity index (χ2n) is 4.45. The molecule has 0 spiro atoms. The van der Waals surface area contributed by atoms with E-state index in [0.29, 0.717) is 18.7 Å². The molecule has 1 saturated heterocycles. The highest BCUT2D eigenvalue weighted by atomic mass is 19.4. The molecule has 0 radical (unpaired) electrons. The summed E-state index contributed by atoms with van der Waals surface area (Å²) in [7, 11) is 0. The number of alkyl halides is 3. The predicted molar refractivity (Wildman–Crippen MR) is 63.8 cm³/mol. The Morgan fingerprint density at radius 2 is 2.11 bits per heavy atom. The first-order valence-electron chi connectivity index (χ1n) is 6.19. The zero-order valence-electron chi connectivity index (χ0n) is 10.4. The van der Waals surface area contributed by atoms with Crippen molar-refractivity contribution in [1.29, 1.82) is 0 Å². The van der Waals surface area contributed by atoms with Crippen LogP contribution in [0.2, 0.25) is 0 Å². The van der Waals surface area contributed by atoms with E-state index in [9.17, 15) is 13.2 Å². The normalized spacial score (nSPS) is 20.3. The molecule has 1 unspecified atom stereocenters. The molecule has 1 N–H and O–H groups in total. The van der Waals surface area contributed by atoms with Crippen molar-refractivity contribution in [1.82, 2.24) is 5.32 Å². The minimum atomic E-state index is -4.66. The zero-order chi connectivity index (χ0) is 13.7. The van der Waals surface area contributed by atoms with Gasteiger partial charge < -0.3 is 14.8 Å².